The van der Waals surface area contributed by atoms with Crippen LogP contribution in [0.3, 0.4) is 0 Å². The van der Waals surface area contributed by atoms with Crippen LogP contribution in [0.4, 0.5) is 0 Å². The number of nitrogens with zero attached hydrogens (tertiary/aromatic N) is 2. The van der Waals surface area contributed by atoms with E-state index in [1.807, 2.05) is 20.8 Å². The number of rotatable bonds is 6. The molecule has 6 atom stereocenters. The van der Waals surface area contributed by atoms with Crippen molar-refractivity contribution in [2.75, 3.05) is 13.1 Å². The molecule has 0 aromatic rings. The van der Waals surface area contributed by atoms with E-state index in [4.69, 9.17) is 0 Å². The lowest BCUT2D eigenvalue weighted by Gasteiger charge is -2.37. The highest BCUT2D eigenvalue weighted by molar-refractivity contribution is 5.94. The fourth-order valence-corrected chi connectivity index (χ4v) is 5.39. The summed E-state index contributed by atoms with van der Waals surface area (Å²) in [4.78, 5) is 52.1. The highest BCUT2D eigenvalue weighted by Crippen LogP contribution is 2.65. The van der Waals surface area contributed by atoms with Crippen molar-refractivity contribution in [3.8, 4) is 6.07 Å². The lowest BCUT2D eigenvalue weighted by Crippen LogP contribution is -2.59. The Morgan fingerprint density at radius 2 is 1.94 bits per heavy atom. The second-order valence-electron chi connectivity index (χ2n) is 11.1. The summed E-state index contributed by atoms with van der Waals surface area (Å²) >= 11 is 0. The molecule has 0 spiro atoms. The minimum absolute atomic E-state index is 0.00137. The molecule has 0 radical (unpaired) electrons. The Kier molecular flexibility index (Phi) is 6.29. The summed E-state index contributed by atoms with van der Waals surface area (Å²) in [7, 11) is 0. The molecule has 9 nitrogen and oxygen atoms in total. The average Bonchev–Trinajstić information content (AvgIpc) is 3.05. The second-order valence-corrected chi connectivity index (χ2v) is 11.1. The van der Waals surface area contributed by atoms with Crippen molar-refractivity contribution < 1.29 is 19.2 Å². The maximum Gasteiger partial charge on any atom is 0.246 e. The van der Waals surface area contributed by atoms with E-state index >= 15 is 0 Å². The van der Waals surface area contributed by atoms with Gasteiger partial charge >= 0.3 is 0 Å². The third-order valence-corrected chi connectivity index (χ3v) is 7.38. The molecule has 0 aromatic carbocycles. The Hall–Kier alpha value is -2.63. The van der Waals surface area contributed by atoms with E-state index in [-0.39, 0.29) is 53.2 Å². The quantitative estimate of drug-likeness (QED) is 0.550. The number of hydrogen-bond acceptors (Lipinski definition) is 5. The molecule has 2 aliphatic heterocycles. The SMILES string of the molecule is CC(=O)N[C@H](C(=O)N1C[C@H]2[C@@H]([C@H]1C(=O)N[C@H](C#N)C[C@@H]1CCNC1=O)C2(C)C)C(C)(C)C. The van der Waals surface area contributed by atoms with E-state index in [0.717, 1.165) is 0 Å². The average molecular weight is 446 g/mol. The normalized spacial score (nSPS) is 29.9. The van der Waals surface area contributed by atoms with Crippen LogP contribution >= 0.6 is 0 Å². The summed E-state index contributed by atoms with van der Waals surface area (Å²) in [5.74, 6) is -1.14. The van der Waals surface area contributed by atoms with Crippen molar-refractivity contribution in [3.05, 3.63) is 0 Å². The minimum Gasteiger partial charge on any atom is -0.356 e. The van der Waals surface area contributed by atoms with Gasteiger partial charge in [0.2, 0.25) is 23.6 Å². The zero-order chi connectivity index (χ0) is 24.0. The van der Waals surface area contributed by atoms with Crippen LogP contribution in [-0.4, -0.2) is 59.7 Å². The number of amides is 4. The smallest absolute Gasteiger partial charge is 0.246 e. The van der Waals surface area contributed by atoms with E-state index in [1.54, 1.807) is 4.90 Å². The first-order valence-corrected chi connectivity index (χ1v) is 11.3. The van der Waals surface area contributed by atoms with Gasteiger partial charge in [0.25, 0.3) is 0 Å². The Morgan fingerprint density at radius 1 is 1.28 bits per heavy atom. The largest absolute Gasteiger partial charge is 0.356 e. The summed E-state index contributed by atoms with van der Waals surface area (Å²) in [6.07, 6.45) is 0.894. The van der Waals surface area contributed by atoms with Crippen LogP contribution in [0.1, 0.15) is 54.4 Å². The number of hydrogen-bond donors (Lipinski definition) is 3. The summed E-state index contributed by atoms with van der Waals surface area (Å²) in [6.45, 7) is 12.2. The van der Waals surface area contributed by atoms with Crippen molar-refractivity contribution in [1.82, 2.24) is 20.9 Å². The minimum atomic E-state index is -0.803. The van der Waals surface area contributed by atoms with Crippen LogP contribution in [0.15, 0.2) is 0 Å². The van der Waals surface area contributed by atoms with E-state index in [1.165, 1.54) is 6.92 Å². The van der Waals surface area contributed by atoms with Gasteiger partial charge in [0.05, 0.1) is 6.07 Å². The van der Waals surface area contributed by atoms with Crippen LogP contribution in [0.25, 0.3) is 0 Å². The summed E-state index contributed by atoms with van der Waals surface area (Å²) < 4.78 is 0. The van der Waals surface area contributed by atoms with E-state index in [2.05, 4.69) is 35.9 Å². The standard InChI is InChI=1S/C23H35N5O4/c1-12(29)26-18(22(2,3)4)21(32)28-11-15-16(23(15,5)6)17(28)20(31)27-14(10-24)9-13-7-8-25-19(13)30/h13-18H,7-9,11H2,1-6H3,(H,25,30)(H,26,29)(H,27,31)/t13-,14-,15-,16-,17-,18+/m0/s1. The van der Waals surface area contributed by atoms with Crippen LogP contribution in [-0.2, 0) is 19.2 Å². The van der Waals surface area contributed by atoms with E-state index in [0.29, 0.717) is 19.5 Å². The van der Waals surface area contributed by atoms with Gasteiger partial charge in [-0.3, -0.25) is 19.2 Å². The first kappa shape index (κ1) is 24.0. The molecule has 32 heavy (non-hydrogen) atoms. The molecule has 3 aliphatic rings. The molecule has 0 unspecified atom stereocenters. The Morgan fingerprint density at radius 3 is 2.44 bits per heavy atom. The van der Waals surface area contributed by atoms with Crippen molar-refractivity contribution >= 4 is 23.6 Å². The third-order valence-electron chi connectivity index (χ3n) is 7.38. The molecule has 3 N–H and O–H groups in total. The molecule has 3 rings (SSSR count). The molecule has 2 saturated heterocycles. The summed E-state index contributed by atoms with van der Waals surface area (Å²) in [5.41, 5.74) is -0.603. The van der Waals surface area contributed by atoms with Gasteiger partial charge in [-0.25, -0.2) is 0 Å². The molecule has 1 aliphatic carbocycles. The van der Waals surface area contributed by atoms with Gasteiger partial charge in [-0.05, 0) is 35.5 Å². The monoisotopic (exact) mass is 445 g/mol. The van der Waals surface area contributed by atoms with Crippen molar-refractivity contribution in [3.63, 3.8) is 0 Å². The summed E-state index contributed by atoms with van der Waals surface area (Å²) in [5, 5.41) is 17.9. The number of nitrogens with one attached hydrogen (secondary N) is 3. The highest BCUT2D eigenvalue weighted by atomic mass is 16.2. The number of carbonyl (C=O) groups excluding carboxylic acids is 4. The van der Waals surface area contributed by atoms with Crippen molar-refractivity contribution in [2.45, 2.75) is 72.5 Å². The Balaban J connectivity index is 1.78. The Labute approximate surface area is 189 Å². The molecule has 4 amide bonds. The van der Waals surface area contributed by atoms with Gasteiger partial charge in [0.15, 0.2) is 0 Å². The van der Waals surface area contributed by atoms with Gasteiger partial charge < -0.3 is 20.9 Å². The molecular formula is C23H35N5O4. The fraction of sp³-hybridized carbons (Fsp3) is 0.783. The number of fused-ring (bicyclic) bond motifs is 1. The molecule has 0 aromatic heterocycles. The molecule has 9 heteroatoms. The summed E-state index contributed by atoms with van der Waals surface area (Å²) in [6, 6.07) is -0.164. The molecular weight excluding hydrogens is 410 g/mol. The van der Waals surface area contributed by atoms with Gasteiger partial charge in [-0.2, -0.15) is 5.26 Å². The molecule has 0 bridgehead atoms. The number of nitriles is 1. The van der Waals surface area contributed by atoms with Gasteiger partial charge in [0, 0.05) is 25.9 Å². The lowest BCUT2D eigenvalue weighted by molar-refractivity contribution is -0.145. The zero-order valence-electron chi connectivity index (χ0n) is 19.8. The second kappa shape index (κ2) is 8.38. The first-order chi connectivity index (χ1) is 14.8. The van der Waals surface area contributed by atoms with Crippen LogP contribution < -0.4 is 16.0 Å². The number of carbonyl (C=O) groups is 4. The first-order valence-electron chi connectivity index (χ1n) is 11.3. The number of piperidine rings is 1. The van der Waals surface area contributed by atoms with Crippen LogP contribution in [0.5, 0.6) is 0 Å². The molecule has 1 saturated carbocycles. The topological polar surface area (TPSA) is 131 Å². The number of likely N-dealkylation sites (tertiary alicyclic amines) is 1. The highest BCUT2D eigenvalue weighted by Gasteiger charge is 2.69. The van der Waals surface area contributed by atoms with Gasteiger partial charge in [-0.15, -0.1) is 0 Å². The maximum atomic E-state index is 13.5. The predicted molar refractivity (Wildman–Crippen MR) is 117 cm³/mol. The predicted octanol–water partition coefficient (Wildman–Crippen LogP) is 0.555. The fourth-order valence-electron chi connectivity index (χ4n) is 5.39. The maximum absolute atomic E-state index is 13.5. The Bertz CT molecular complexity index is 855. The van der Waals surface area contributed by atoms with Crippen LogP contribution in [0.2, 0.25) is 0 Å². The molecule has 2 heterocycles. The van der Waals surface area contributed by atoms with Crippen molar-refractivity contribution in [2.24, 2.45) is 28.6 Å². The van der Waals surface area contributed by atoms with Gasteiger partial charge in [0.1, 0.15) is 18.1 Å². The lowest BCUT2D eigenvalue weighted by atomic mass is 9.85. The zero-order valence-corrected chi connectivity index (χ0v) is 19.8. The molecule has 176 valence electrons. The van der Waals surface area contributed by atoms with Crippen LogP contribution in [0, 0.1) is 39.9 Å². The van der Waals surface area contributed by atoms with Gasteiger partial charge in [-0.1, -0.05) is 34.6 Å². The van der Waals surface area contributed by atoms with E-state index < -0.39 is 23.5 Å². The van der Waals surface area contributed by atoms with E-state index in [9.17, 15) is 24.4 Å². The third kappa shape index (κ3) is 4.45. The van der Waals surface area contributed by atoms with Crippen molar-refractivity contribution in [1.29, 1.82) is 5.26 Å². The molecule has 3 fully saturated rings.